The number of hydrogen-bond donors (Lipinski definition) is 2. The van der Waals surface area contributed by atoms with Crippen molar-refractivity contribution in [1.82, 2.24) is 0 Å². The Hall–Kier alpha value is -2.84. The number of nitrogens with zero attached hydrogens (tertiary/aromatic N) is 1. The van der Waals surface area contributed by atoms with Crippen LogP contribution in [0.3, 0.4) is 0 Å². The Morgan fingerprint density at radius 1 is 1.16 bits per heavy atom. The molecule has 2 rings (SSSR count). The smallest absolute Gasteiger partial charge is 0.342 e. The molecule has 0 unspecified atom stereocenters. The summed E-state index contributed by atoms with van der Waals surface area (Å²) in [6, 6.07) is 7.39. The van der Waals surface area contributed by atoms with Gasteiger partial charge in [-0.1, -0.05) is 23.2 Å². The largest absolute Gasteiger partial charge is 0.507 e. The van der Waals surface area contributed by atoms with Crippen LogP contribution in [0.1, 0.15) is 10.4 Å². The van der Waals surface area contributed by atoms with Crippen LogP contribution in [-0.2, 0) is 9.53 Å². The molecule has 130 valence electrons. The van der Waals surface area contributed by atoms with Gasteiger partial charge in [0, 0.05) is 16.1 Å². The average Bonchev–Trinajstić information content (AvgIpc) is 2.52. The summed E-state index contributed by atoms with van der Waals surface area (Å²) >= 11 is 11.4. The lowest BCUT2D eigenvalue weighted by atomic mass is 10.2. The third kappa shape index (κ3) is 4.82. The van der Waals surface area contributed by atoms with Gasteiger partial charge in [-0.05, 0) is 30.3 Å². The molecule has 0 spiro atoms. The van der Waals surface area contributed by atoms with Gasteiger partial charge in [-0.25, -0.2) is 4.79 Å². The van der Waals surface area contributed by atoms with Crippen LogP contribution in [0.25, 0.3) is 0 Å². The summed E-state index contributed by atoms with van der Waals surface area (Å²) in [4.78, 5) is 33.9. The number of nitro benzene ring substituents is 1. The first-order valence-corrected chi connectivity index (χ1v) is 7.43. The van der Waals surface area contributed by atoms with E-state index in [9.17, 15) is 24.8 Å². The van der Waals surface area contributed by atoms with Gasteiger partial charge in [0.05, 0.1) is 4.92 Å². The molecule has 10 heteroatoms. The maximum atomic E-state index is 11.8. The number of aromatic hydroxyl groups is 1. The number of ether oxygens (including phenoxy) is 1. The molecule has 0 aliphatic heterocycles. The monoisotopic (exact) mass is 384 g/mol. The van der Waals surface area contributed by atoms with E-state index in [1.54, 1.807) is 0 Å². The number of esters is 1. The molecule has 0 heterocycles. The number of benzene rings is 2. The predicted molar refractivity (Wildman–Crippen MR) is 90.1 cm³/mol. The summed E-state index contributed by atoms with van der Waals surface area (Å²) in [6.45, 7) is -0.718. The van der Waals surface area contributed by atoms with E-state index in [1.807, 2.05) is 0 Å². The lowest BCUT2D eigenvalue weighted by Crippen LogP contribution is -2.21. The number of hydrogen-bond acceptors (Lipinski definition) is 6. The second kappa shape index (κ2) is 7.82. The topological polar surface area (TPSA) is 119 Å². The van der Waals surface area contributed by atoms with Crippen LogP contribution < -0.4 is 5.32 Å². The summed E-state index contributed by atoms with van der Waals surface area (Å²) in [5.41, 5.74) is -0.668. The molecule has 0 fully saturated rings. The van der Waals surface area contributed by atoms with Gasteiger partial charge in [0.1, 0.15) is 17.0 Å². The number of amides is 1. The van der Waals surface area contributed by atoms with Gasteiger partial charge >= 0.3 is 5.97 Å². The first-order valence-electron chi connectivity index (χ1n) is 6.67. The fraction of sp³-hybridized carbons (Fsp3) is 0.0667. The van der Waals surface area contributed by atoms with Gasteiger partial charge in [-0.3, -0.25) is 14.9 Å². The van der Waals surface area contributed by atoms with Crippen LogP contribution in [-0.4, -0.2) is 28.5 Å². The van der Waals surface area contributed by atoms with Crippen molar-refractivity contribution in [2.24, 2.45) is 0 Å². The highest BCUT2D eigenvalue weighted by molar-refractivity contribution is 6.31. The number of phenols is 1. The number of phenolic OH excluding ortho intramolecular Hbond substituents is 1. The van der Waals surface area contributed by atoms with Crippen LogP contribution in [0.4, 0.5) is 11.4 Å². The molecular weight excluding hydrogens is 375 g/mol. The zero-order chi connectivity index (χ0) is 18.6. The molecule has 0 aliphatic rings. The lowest BCUT2D eigenvalue weighted by molar-refractivity contribution is -0.383. The normalized spacial score (nSPS) is 10.2. The van der Waals surface area contributed by atoms with Gasteiger partial charge in [0.25, 0.3) is 11.6 Å². The second-order valence-electron chi connectivity index (χ2n) is 4.70. The van der Waals surface area contributed by atoms with E-state index < -0.39 is 29.2 Å². The van der Waals surface area contributed by atoms with E-state index in [4.69, 9.17) is 27.9 Å². The summed E-state index contributed by atoms with van der Waals surface area (Å²) in [5.74, 6) is -2.17. The molecule has 1 amide bonds. The molecule has 0 aromatic heterocycles. The molecule has 0 saturated carbocycles. The molecule has 0 atom stereocenters. The van der Waals surface area contributed by atoms with Gasteiger partial charge in [0.15, 0.2) is 6.61 Å². The molecular formula is C15H10Cl2N2O6. The Morgan fingerprint density at radius 2 is 1.80 bits per heavy atom. The van der Waals surface area contributed by atoms with Crippen LogP contribution in [0, 0.1) is 10.1 Å². The highest BCUT2D eigenvalue weighted by atomic mass is 35.5. The highest BCUT2D eigenvalue weighted by Gasteiger charge is 2.18. The van der Waals surface area contributed by atoms with Crippen LogP contribution in [0.2, 0.25) is 10.0 Å². The van der Waals surface area contributed by atoms with Gasteiger partial charge < -0.3 is 15.2 Å². The van der Waals surface area contributed by atoms with E-state index >= 15 is 0 Å². The Morgan fingerprint density at radius 3 is 2.44 bits per heavy atom. The van der Waals surface area contributed by atoms with E-state index in [0.717, 1.165) is 12.1 Å². The van der Waals surface area contributed by atoms with Crippen molar-refractivity contribution in [3.8, 4) is 5.75 Å². The number of nitro groups is 1. The number of carbonyl (C=O) groups is 2. The number of halogens is 2. The van der Waals surface area contributed by atoms with Crippen LogP contribution >= 0.6 is 23.2 Å². The highest BCUT2D eigenvalue weighted by Crippen LogP contribution is 2.27. The Bertz CT molecular complexity index is 856. The summed E-state index contributed by atoms with van der Waals surface area (Å²) in [5, 5.41) is 23.2. The summed E-state index contributed by atoms with van der Waals surface area (Å²) in [6.07, 6.45) is 0. The number of carbonyl (C=O) groups excluding carboxylic acids is 2. The average molecular weight is 385 g/mol. The molecule has 2 aromatic carbocycles. The van der Waals surface area contributed by atoms with Gasteiger partial charge in [0.2, 0.25) is 0 Å². The Balaban J connectivity index is 2.03. The third-order valence-corrected chi connectivity index (χ3v) is 3.41. The van der Waals surface area contributed by atoms with Crippen molar-refractivity contribution in [2.75, 3.05) is 11.9 Å². The number of nitrogens with one attached hydrogen (secondary N) is 1. The van der Waals surface area contributed by atoms with Crippen molar-refractivity contribution in [2.45, 2.75) is 0 Å². The molecule has 2 N–H and O–H groups in total. The maximum absolute atomic E-state index is 11.8. The summed E-state index contributed by atoms with van der Waals surface area (Å²) in [7, 11) is 0. The van der Waals surface area contributed by atoms with Crippen molar-refractivity contribution in [1.29, 1.82) is 0 Å². The lowest BCUT2D eigenvalue weighted by Gasteiger charge is -2.08. The Kier molecular flexibility index (Phi) is 5.79. The third-order valence-electron chi connectivity index (χ3n) is 2.94. The van der Waals surface area contributed by atoms with Crippen LogP contribution in [0.5, 0.6) is 5.75 Å². The minimum absolute atomic E-state index is 0.132. The zero-order valence-electron chi connectivity index (χ0n) is 12.4. The maximum Gasteiger partial charge on any atom is 0.342 e. The fourth-order valence-corrected chi connectivity index (χ4v) is 2.18. The summed E-state index contributed by atoms with van der Waals surface area (Å²) < 4.78 is 4.76. The first kappa shape index (κ1) is 18.5. The van der Waals surface area contributed by atoms with Gasteiger partial charge in [-0.15, -0.1) is 0 Å². The van der Waals surface area contributed by atoms with Crippen molar-refractivity contribution < 1.29 is 24.4 Å². The SMILES string of the molecule is O=C(COC(=O)c1ccc(Cl)cc1O)Nc1cc(Cl)ccc1[N+](=O)[O-]. The van der Waals surface area contributed by atoms with Crippen LogP contribution in [0.15, 0.2) is 36.4 Å². The molecule has 2 aromatic rings. The predicted octanol–water partition coefficient (Wildman–Crippen LogP) is 3.40. The standard InChI is InChI=1S/C15H10Cl2N2O6/c16-8-2-4-12(19(23)24)11(5-8)18-14(21)7-25-15(22)10-3-1-9(17)6-13(10)20/h1-6,20H,7H2,(H,18,21). The first-order chi connectivity index (χ1) is 11.8. The number of anilines is 1. The van der Waals surface area contributed by atoms with E-state index in [0.29, 0.717) is 0 Å². The fourth-order valence-electron chi connectivity index (χ4n) is 1.84. The van der Waals surface area contributed by atoms with Crippen molar-refractivity contribution in [3.05, 3.63) is 62.1 Å². The molecule has 0 radical (unpaired) electrons. The van der Waals surface area contributed by atoms with E-state index in [-0.39, 0.29) is 27.0 Å². The molecule has 0 bridgehead atoms. The van der Waals surface area contributed by atoms with Crippen molar-refractivity contribution in [3.63, 3.8) is 0 Å². The molecule has 0 aliphatic carbocycles. The van der Waals surface area contributed by atoms with Gasteiger partial charge in [-0.2, -0.15) is 0 Å². The quantitative estimate of drug-likeness (QED) is 0.463. The Labute approximate surface area is 151 Å². The second-order valence-corrected chi connectivity index (χ2v) is 5.58. The minimum atomic E-state index is -0.954. The van der Waals surface area contributed by atoms with Crippen molar-refractivity contribution >= 4 is 46.5 Å². The molecule has 8 nitrogen and oxygen atoms in total. The van der Waals surface area contributed by atoms with E-state index in [2.05, 4.69) is 5.32 Å². The number of rotatable bonds is 5. The minimum Gasteiger partial charge on any atom is -0.507 e. The molecule has 25 heavy (non-hydrogen) atoms. The van der Waals surface area contributed by atoms with E-state index in [1.165, 1.54) is 24.3 Å². The molecule has 0 saturated heterocycles. The zero-order valence-corrected chi connectivity index (χ0v) is 13.9.